The summed E-state index contributed by atoms with van der Waals surface area (Å²) in [7, 11) is 0. The first-order valence-electron chi connectivity index (χ1n) is 10.4. The second-order valence-corrected chi connectivity index (χ2v) is 7.86. The smallest absolute Gasteiger partial charge is 0.372 e. The summed E-state index contributed by atoms with van der Waals surface area (Å²) in [5.41, 5.74) is 4.34. The van der Waals surface area contributed by atoms with Crippen LogP contribution in [0.3, 0.4) is 0 Å². The average Bonchev–Trinajstić information content (AvgIpc) is 2.87. The Labute approximate surface area is 188 Å². The molecule has 176 valence electrons. The number of fused-ring (bicyclic) bond motifs is 3. The number of para-hydroxylation sites is 1. The van der Waals surface area contributed by atoms with Crippen molar-refractivity contribution >= 4 is 23.4 Å². The van der Waals surface area contributed by atoms with Crippen LogP contribution in [-0.2, 0) is 14.4 Å². The van der Waals surface area contributed by atoms with Crippen LogP contribution in [0.5, 0.6) is 0 Å². The first-order chi connectivity index (χ1) is 15.5. The van der Waals surface area contributed by atoms with E-state index in [-0.39, 0.29) is 12.0 Å². The Morgan fingerprint density at radius 2 is 1.67 bits per heavy atom. The number of nitrogens with two attached hydrogens (primary N) is 1. The van der Waals surface area contributed by atoms with Gasteiger partial charge in [0.2, 0.25) is 5.60 Å². The molecule has 0 radical (unpaired) electrons. The molecule has 0 fully saturated rings. The molecule has 1 heterocycles. The summed E-state index contributed by atoms with van der Waals surface area (Å²) in [6, 6.07) is 11.7. The fourth-order valence-corrected chi connectivity index (χ4v) is 3.99. The summed E-state index contributed by atoms with van der Waals surface area (Å²) >= 11 is 0. The van der Waals surface area contributed by atoms with Gasteiger partial charge in [-0.25, -0.2) is 0 Å². The first-order valence-corrected chi connectivity index (χ1v) is 10.4. The van der Waals surface area contributed by atoms with Gasteiger partial charge in [-0.2, -0.15) is 13.2 Å². The van der Waals surface area contributed by atoms with Crippen LogP contribution in [0.2, 0.25) is 0 Å². The molecule has 0 saturated heterocycles. The zero-order valence-corrected chi connectivity index (χ0v) is 17.9. The predicted molar refractivity (Wildman–Crippen MR) is 115 cm³/mol. The van der Waals surface area contributed by atoms with E-state index in [0.29, 0.717) is 21.7 Å². The van der Waals surface area contributed by atoms with E-state index in [0.717, 1.165) is 0 Å². The Hall–Kier alpha value is -3.40. The lowest BCUT2D eigenvalue weighted by Crippen LogP contribution is -2.59. The number of primary amides is 1. The number of aliphatic hydroxyl groups is 1. The zero-order valence-electron chi connectivity index (χ0n) is 17.9. The lowest BCUT2D eigenvalue weighted by atomic mass is 9.91. The molecule has 3 rings (SSSR count). The predicted octanol–water partition coefficient (Wildman–Crippen LogP) is 3.14. The molecule has 1 aliphatic heterocycles. The Bertz CT molecular complexity index is 1070. The number of alkyl halides is 3. The zero-order chi connectivity index (χ0) is 24.4. The molecule has 0 bridgehead atoms. The largest absolute Gasteiger partial charge is 0.390 e. The van der Waals surface area contributed by atoms with Crippen LogP contribution >= 0.6 is 0 Å². The third kappa shape index (κ3) is 4.85. The number of nitrogens with zero attached hydrogens (tertiary/aromatic N) is 1. The van der Waals surface area contributed by atoms with Gasteiger partial charge >= 0.3 is 6.18 Å². The Kier molecular flexibility index (Phi) is 6.78. The van der Waals surface area contributed by atoms with Gasteiger partial charge in [-0.1, -0.05) is 55.8 Å². The minimum Gasteiger partial charge on any atom is -0.372 e. The lowest BCUT2D eigenvalue weighted by Gasteiger charge is -2.36. The van der Waals surface area contributed by atoms with E-state index in [2.05, 4.69) is 5.32 Å². The molecule has 2 aromatic carbocycles. The highest BCUT2D eigenvalue weighted by molar-refractivity contribution is 6.10. The number of carbonyl (C=O) groups is 3. The second-order valence-electron chi connectivity index (χ2n) is 7.86. The van der Waals surface area contributed by atoms with Crippen LogP contribution in [0.25, 0.3) is 11.1 Å². The molecule has 2 atom stereocenters. The summed E-state index contributed by atoms with van der Waals surface area (Å²) < 4.78 is 39.4. The highest BCUT2D eigenvalue weighted by Crippen LogP contribution is 2.40. The molecule has 0 saturated carbocycles. The molecule has 7 nitrogen and oxygen atoms in total. The molecule has 0 spiro atoms. The average molecular weight is 463 g/mol. The molecule has 0 unspecified atom stereocenters. The van der Waals surface area contributed by atoms with Crippen molar-refractivity contribution in [3.05, 3.63) is 54.1 Å². The molecular weight excluding hydrogens is 439 g/mol. The standard InChI is InChI=1S/C23H24F3N3O4/c1-2-11-22(33,20(27)31)21(32)29(13-12-23(24,25)26)18-16-9-4-3-7-14(16)15-8-5-6-10-17(15)28-19(18)30/h3-10,18,33H,2,11-13H2,1H3,(H2,27,31)(H,28,30)/t18-,22-/m0/s1. The number of nitrogens with one attached hydrogen (secondary N) is 1. The van der Waals surface area contributed by atoms with E-state index in [9.17, 15) is 32.7 Å². The molecule has 2 aromatic rings. The van der Waals surface area contributed by atoms with Crippen LogP contribution < -0.4 is 11.1 Å². The van der Waals surface area contributed by atoms with Crippen molar-refractivity contribution in [3.63, 3.8) is 0 Å². The number of halogens is 3. The lowest BCUT2D eigenvalue weighted by molar-refractivity contribution is -0.168. The van der Waals surface area contributed by atoms with Crippen molar-refractivity contribution in [2.24, 2.45) is 5.73 Å². The van der Waals surface area contributed by atoms with Gasteiger partial charge in [-0.3, -0.25) is 14.4 Å². The summed E-state index contributed by atoms with van der Waals surface area (Å²) in [4.78, 5) is 39.3. The van der Waals surface area contributed by atoms with E-state index in [1.54, 1.807) is 49.4 Å². The number of anilines is 1. The normalized spacial score (nSPS) is 17.1. The number of rotatable bonds is 7. The Morgan fingerprint density at radius 3 is 2.27 bits per heavy atom. The fourth-order valence-electron chi connectivity index (χ4n) is 3.99. The van der Waals surface area contributed by atoms with Gasteiger partial charge in [-0.05, 0) is 23.6 Å². The van der Waals surface area contributed by atoms with E-state index in [1.807, 2.05) is 0 Å². The van der Waals surface area contributed by atoms with Crippen molar-refractivity contribution in [2.75, 3.05) is 11.9 Å². The number of hydrogen-bond donors (Lipinski definition) is 3. The first kappa shape index (κ1) is 24.2. The number of amides is 3. The van der Waals surface area contributed by atoms with Gasteiger partial charge in [0, 0.05) is 17.8 Å². The van der Waals surface area contributed by atoms with E-state index >= 15 is 0 Å². The SMILES string of the molecule is CCC[C@](O)(C(N)=O)C(=O)N(CCC(F)(F)F)[C@@H]1C(=O)Nc2ccccc2-c2ccccc21. The molecule has 4 N–H and O–H groups in total. The molecule has 1 aliphatic rings. The highest BCUT2D eigenvalue weighted by Gasteiger charge is 2.49. The Balaban J connectivity index is 2.18. The Morgan fingerprint density at radius 1 is 1.06 bits per heavy atom. The summed E-state index contributed by atoms with van der Waals surface area (Å²) in [5, 5.41) is 13.4. The fraction of sp³-hybridized carbons (Fsp3) is 0.348. The van der Waals surface area contributed by atoms with E-state index in [1.165, 1.54) is 6.07 Å². The van der Waals surface area contributed by atoms with E-state index < -0.39 is 54.9 Å². The van der Waals surface area contributed by atoms with Gasteiger partial charge in [0.15, 0.2) is 0 Å². The molecule has 0 aliphatic carbocycles. The van der Waals surface area contributed by atoms with Crippen LogP contribution in [0, 0.1) is 0 Å². The second kappa shape index (κ2) is 9.22. The van der Waals surface area contributed by atoms with Crippen molar-refractivity contribution in [2.45, 2.75) is 44.0 Å². The van der Waals surface area contributed by atoms with Crippen molar-refractivity contribution in [3.8, 4) is 11.1 Å². The maximum Gasteiger partial charge on any atom is 0.390 e. The van der Waals surface area contributed by atoms with Gasteiger partial charge in [-0.15, -0.1) is 0 Å². The molecule has 33 heavy (non-hydrogen) atoms. The third-order valence-electron chi connectivity index (χ3n) is 5.56. The summed E-state index contributed by atoms with van der Waals surface area (Å²) in [6.07, 6.45) is -6.35. The number of benzene rings is 2. The summed E-state index contributed by atoms with van der Waals surface area (Å²) in [6.45, 7) is 0.621. The topological polar surface area (TPSA) is 113 Å². The minimum absolute atomic E-state index is 0.150. The third-order valence-corrected chi connectivity index (χ3v) is 5.56. The van der Waals surface area contributed by atoms with Crippen LogP contribution in [0.15, 0.2) is 48.5 Å². The highest BCUT2D eigenvalue weighted by atomic mass is 19.4. The van der Waals surface area contributed by atoms with Crippen LogP contribution in [0.4, 0.5) is 18.9 Å². The number of hydrogen-bond acceptors (Lipinski definition) is 4. The summed E-state index contributed by atoms with van der Waals surface area (Å²) in [5.74, 6) is -3.51. The van der Waals surface area contributed by atoms with Gasteiger partial charge in [0.25, 0.3) is 17.7 Å². The molecule has 10 heteroatoms. The van der Waals surface area contributed by atoms with E-state index in [4.69, 9.17) is 5.73 Å². The monoisotopic (exact) mass is 463 g/mol. The molecule has 0 aromatic heterocycles. The van der Waals surface area contributed by atoms with Crippen molar-refractivity contribution < 1.29 is 32.7 Å². The van der Waals surface area contributed by atoms with Crippen molar-refractivity contribution in [1.82, 2.24) is 4.90 Å². The van der Waals surface area contributed by atoms with Gasteiger partial charge in [0.1, 0.15) is 6.04 Å². The van der Waals surface area contributed by atoms with Crippen LogP contribution in [-0.4, -0.2) is 46.1 Å². The maximum atomic E-state index is 13.4. The van der Waals surface area contributed by atoms with Gasteiger partial charge < -0.3 is 21.1 Å². The molecular formula is C23H24F3N3O4. The van der Waals surface area contributed by atoms with Gasteiger partial charge in [0.05, 0.1) is 6.42 Å². The van der Waals surface area contributed by atoms with Crippen molar-refractivity contribution in [1.29, 1.82) is 0 Å². The molecule has 3 amide bonds. The maximum absolute atomic E-state index is 13.4. The quantitative estimate of drug-likeness (QED) is 0.548. The minimum atomic E-state index is -4.65. The van der Waals surface area contributed by atoms with Crippen LogP contribution in [0.1, 0.15) is 37.8 Å². The number of carbonyl (C=O) groups excluding carboxylic acids is 3.